The molecule has 0 aliphatic carbocycles. The standard InChI is InChI=1S/C13H19NO3/c1-4-10-8-11(6-7-12(10)16-3)14-9-13(15)17-5-2/h6-8,14H,4-5,9H2,1-3H3. The molecule has 0 saturated heterocycles. The number of benzene rings is 1. The molecular formula is C13H19NO3. The Kier molecular flexibility index (Phi) is 5.33. The van der Waals surface area contributed by atoms with Crippen LogP contribution in [-0.2, 0) is 16.0 Å². The average Bonchev–Trinajstić information content (AvgIpc) is 2.36. The molecule has 0 heterocycles. The fourth-order valence-corrected chi connectivity index (χ4v) is 1.55. The lowest BCUT2D eigenvalue weighted by Gasteiger charge is -2.10. The quantitative estimate of drug-likeness (QED) is 0.771. The van der Waals surface area contributed by atoms with Gasteiger partial charge in [-0.15, -0.1) is 0 Å². The highest BCUT2D eigenvalue weighted by Gasteiger charge is 2.04. The van der Waals surface area contributed by atoms with E-state index in [4.69, 9.17) is 9.47 Å². The van der Waals surface area contributed by atoms with Crippen molar-refractivity contribution in [2.75, 3.05) is 25.6 Å². The Balaban J connectivity index is 2.63. The van der Waals surface area contributed by atoms with E-state index in [1.165, 1.54) is 0 Å². The molecule has 0 unspecified atom stereocenters. The van der Waals surface area contributed by atoms with E-state index in [0.29, 0.717) is 6.61 Å². The maximum absolute atomic E-state index is 11.2. The van der Waals surface area contributed by atoms with Crippen LogP contribution >= 0.6 is 0 Å². The number of hydrogen-bond donors (Lipinski definition) is 1. The van der Waals surface area contributed by atoms with Gasteiger partial charge in [0.15, 0.2) is 0 Å². The molecule has 0 aliphatic heterocycles. The molecule has 1 rings (SSSR count). The molecule has 17 heavy (non-hydrogen) atoms. The Bertz CT molecular complexity index is 377. The first-order valence-corrected chi connectivity index (χ1v) is 5.77. The minimum absolute atomic E-state index is 0.184. The molecule has 0 saturated carbocycles. The van der Waals surface area contributed by atoms with Crippen LogP contribution in [0.15, 0.2) is 18.2 Å². The zero-order valence-electron chi connectivity index (χ0n) is 10.6. The number of nitrogens with one attached hydrogen (secondary N) is 1. The van der Waals surface area contributed by atoms with Crippen molar-refractivity contribution < 1.29 is 14.3 Å². The molecule has 0 fully saturated rings. The smallest absolute Gasteiger partial charge is 0.325 e. The number of carbonyl (C=O) groups is 1. The minimum Gasteiger partial charge on any atom is -0.496 e. The topological polar surface area (TPSA) is 47.6 Å². The van der Waals surface area contributed by atoms with Crippen molar-refractivity contribution in [1.29, 1.82) is 0 Å². The predicted molar refractivity (Wildman–Crippen MR) is 67.5 cm³/mol. The maximum Gasteiger partial charge on any atom is 0.325 e. The van der Waals surface area contributed by atoms with Crippen molar-refractivity contribution in [2.45, 2.75) is 20.3 Å². The van der Waals surface area contributed by atoms with E-state index < -0.39 is 0 Å². The first-order chi connectivity index (χ1) is 8.21. The van der Waals surface area contributed by atoms with Crippen molar-refractivity contribution in [3.05, 3.63) is 23.8 Å². The number of ether oxygens (including phenoxy) is 2. The summed E-state index contributed by atoms with van der Waals surface area (Å²) in [5.74, 6) is 0.621. The summed E-state index contributed by atoms with van der Waals surface area (Å²) in [6.07, 6.45) is 0.887. The van der Waals surface area contributed by atoms with E-state index >= 15 is 0 Å². The van der Waals surface area contributed by atoms with Crippen molar-refractivity contribution in [1.82, 2.24) is 0 Å². The van der Waals surface area contributed by atoms with Crippen LogP contribution in [0.1, 0.15) is 19.4 Å². The lowest BCUT2D eigenvalue weighted by molar-refractivity contribution is -0.140. The van der Waals surface area contributed by atoms with Crippen molar-refractivity contribution in [3.8, 4) is 5.75 Å². The second kappa shape index (κ2) is 6.78. The van der Waals surface area contributed by atoms with E-state index in [2.05, 4.69) is 12.2 Å². The monoisotopic (exact) mass is 237 g/mol. The molecule has 0 aliphatic rings. The van der Waals surface area contributed by atoms with E-state index in [1.54, 1.807) is 14.0 Å². The SMILES string of the molecule is CCOC(=O)CNc1ccc(OC)c(CC)c1. The Labute approximate surface area is 102 Å². The lowest BCUT2D eigenvalue weighted by atomic mass is 10.1. The third-order valence-electron chi connectivity index (χ3n) is 2.40. The third-order valence-corrected chi connectivity index (χ3v) is 2.40. The van der Waals surface area contributed by atoms with Crippen LogP contribution in [-0.4, -0.2) is 26.2 Å². The largest absolute Gasteiger partial charge is 0.496 e. The fourth-order valence-electron chi connectivity index (χ4n) is 1.55. The van der Waals surface area contributed by atoms with Gasteiger partial charge in [0, 0.05) is 5.69 Å². The van der Waals surface area contributed by atoms with Crippen LogP contribution in [0, 0.1) is 0 Å². The highest BCUT2D eigenvalue weighted by atomic mass is 16.5. The Morgan fingerprint density at radius 3 is 2.71 bits per heavy atom. The number of aryl methyl sites for hydroxylation is 1. The van der Waals surface area contributed by atoms with Gasteiger partial charge in [0.1, 0.15) is 12.3 Å². The van der Waals surface area contributed by atoms with Gasteiger partial charge in [0.05, 0.1) is 13.7 Å². The van der Waals surface area contributed by atoms with Gasteiger partial charge in [-0.25, -0.2) is 0 Å². The fraction of sp³-hybridized carbons (Fsp3) is 0.462. The molecule has 0 spiro atoms. The average molecular weight is 237 g/mol. The molecule has 0 aromatic heterocycles. The van der Waals surface area contributed by atoms with Crippen molar-refractivity contribution in [2.24, 2.45) is 0 Å². The van der Waals surface area contributed by atoms with Crippen LogP contribution in [0.5, 0.6) is 5.75 Å². The lowest BCUT2D eigenvalue weighted by Crippen LogP contribution is -2.16. The summed E-state index contributed by atoms with van der Waals surface area (Å²) in [5.41, 5.74) is 2.01. The van der Waals surface area contributed by atoms with Crippen molar-refractivity contribution >= 4 is 11.7 Å². The van der Waals surface area contributed by atoms with E-state index in [0.717, 1.165) is 23.4 Å². The minimum atomic E-state index is -0.249. The van der Waals surface area contributed by atoms with Crippen LogP contribution < -0.4 is 10.1 Å². The van der Waals surface area contributed by atoms with E-state index in [9.17, 15) is 4.79 Å². The van der Waals surface area contributed by atoms with Gasteiger partial charge in [0.25, 0.3) is 0 Å². The second-order valence-corrected chi connectivity index (χ2v) is 3.54. The molecule has 0 amide bonds. The summed E-state index contributed by atoms with van der Waals surface area (Å²) in [6, 6.07) is 5.77. The molecule has 4 nitrogen and oxygen atoms in total. The number of esters is 1. The van der Waals surface area contributed by atoms with Crippen LogP contribution in [0.3, 0.4) is 0 Å². The Morgan fingerprint density at radius 1 is 1.35 bits per heavy atom. The summed E-state index contributed by atoms with van der Waals surface area (Å²) in [7, 11) is 1.65. The van der Waals surface area contributed by atoms with Gasteiger partial charge in [-0.1, -0.05) is 6.92 Å². The van der Waals surface area contributed by atoms with Crippen LogP contribution in [0.2, 0.25) is 0 Å². The molecule has 1 aromatic rings. The van der Waals surface area contributed by atoms with E-state index in [1.807, 2.05) is 18.2 Å². The molecule has 0 atom stereocenters. The number of hydrogen-bond acceptors (Lipinski definition) is 4. The highest BCUT2D eigenvalue weighted by molar-refractivity contribution is 5.75. The second-order valence-electron chi connectivity index (χ2n) is 3.54. The Hall–Kier alpha value is -1.71. The summed E-state index contributed by atoms with van der Waals surface area (Å²) >= 11 is 0. The summed E-state index contributed by atoms with van der Waals surface area (Å²) in [4.78, 5) is 11.2. The maximum atomic E-state index is 11.2. The zero-order valence-corrected chi connectivity index (χ0v) is 10.6. The molecule has 4 heteroatoms. The predicted octanol–water partition coefficient (Wildman–Crippen LogP) is 2.23. The normalized spacial score (nSPS) is 9.82. The number of methoxy groups -OCH3 is 1. The number of rotatable bonds is 6. The molecule has 94 valence electrons. The van der Waals surface area contributed by atoms with Gasteiger partial charge in [-0.2, -0.15) is 0 Å². The molecule has 1 N–H and O–H groups in total. The highest BCUT2D eigenvalue weighted by Crippen LogP contribution is 2.22. The molecule has 1 aromatic carbocycles. The van der Waals surface area contributed by atoms with Crippen LogP contribution in [0.4, 0.5) is 5.69 Å². The molecule has 0 bridgehead atoms. The van der Waals surface area contributed by atoms with Gasteiger partial charge in [0.2, 0.25) is 0 Å². The Morgan fingerprint density at radius 2 is 2.12 bits per heavy atom. The molecular weight excluding hydrogens is 218 g/mol. The number of carbonyl (C=O) groups excluding carboxylic acids is 1. The summed E-state index contributed by atoms with van der Waals surface area (Å²) in [6.45, 7) is 4.44. The van der Waals surface area contributed by atoms with E-state index in [-0.39, 0.29) is 12.5 Å². The zero-order chi connectivity index (χ0) is 12.7. The van der Waals surface area contributed by atoms with Gasteiger partial charge in [-0.3, -0.25) is 4.79 Å². The summed E-state index contributed by atoms with van der Waals surface area (Å²) in [5, 5.41) is 3.03. The third kappa shape index (κ3) is 3.98. The summed E-state index contributed by atoms with van der Waals surface area (Å²) < 4.78 is 10.1. The van der Waals surface area contributed by atoms with Gasteiger partial charge in [-0.05, 0) is 37.1 Å². The number of anilines is 1. The van der Waals surface area contributed by atoms with Crippen molar-refractivity contribution in [3.63, 3.8) is 0 Å². The van der Waals surface area contributed by atoms with Gasteiger partial charge >= 0.3 is 5.97 Å². The van der Waals surface area contributed by atoms with Crippen LogP contribution in [0.25, 0.3) is 0 Å². The first-order valence-electron chi connectivity index (χ1n) is 5.77. The van der Waals surface area contributed by atoms with Gasteiger partial charge < -0.3 is 14.8 Å². The molecule has 0 radical (unpaired) electrons. The first kappa shape index (κ1) is 13.4.